The number of amides is 2. The number of hydrogen-bond donors (Lipinski definition) is 3. The van der Waals surface area contributed by atoms with Crippen molar-refractivity contribution >= 4 is 17.5 Å². The smallest absolute Gasteiger partial charge is 0.261 e. The van der Waals surface area contributed by atoms with E-state index in [-0.39, 0.29) is 17.0 Å². The molecular weight excluding hydrogens is 370 g/mol. The number of H-pyrrole nitrogens is 1. The third-order valence-electron chi connectivity index (χ3n) is 4.68. The fourth-order valence-electron chi connectivity index (χ4n) is 2.60. The number of carbonyl (C=O) groups is 2. The van der Waals surface area contributed by atoms with Gasteiger partial charge in [-0.2, -0.15) is 0 Å². The van der Waals surface area contributed by atoms with Crippen molar-refractivity contribution in [1.29, 1.82) is 0 Å². The summed E-state index contributed by atoms with van der Waals surface area (Å²) in [6.07, 6.45) is 2.31. The Labute approximate surface area is 168 Å². The summed E-state index contributed by atoms with van der Waals surface area (Å²) in [6.45, 7) is 5.91. The van der Waals surface area contributed by atoms with E-state index in [2.05, 4.69) is 15.6 Å². The lowest BCUT2D eigenvalue weighted by Gasteiger charge is -2.24. The summed E-state index contributed by atoms with van der Waals surface area (Å²) in [7, 11) is 0. The lowest BCUT2D eigenvalue weighted by molar-refractivity contribution is 0.0911. The molecule has 1 aromatic carbocycles. The Kier molecular flexibility index (Phi) is 5.68. The number of carbonyl (C=O) groups excluding carboxylic acids is 2. The second-order valence-corrected chi connectivity index (χ2v) is 7.32. The maximum atomic E-state index is 12.4. The first-order valence-corrected chi connectivity index (χ1v) is 9.30. The molecule has 0 unspecified atom stereocenters. The zero-order chi connectivity index (χ0) is 21.0. The predicted molar refractivity (Wildman–Crippen MR) is 111 cm³/mol. The van der Waals surface area contributed by atoms with Gasteiger partial charge in [0.05, 0.1) is 12.0 Å². The largest absolute Gasteiger partial charge is 0.463 e. The van der Waals surface area contributed by atoms with Gasteiger partial charge in [0, 0.05) is 16.8 Å². The molecule has 7 heteroatoms. The summed E-state index contributed by atoms with van der Waals surface area (Å²) < 4.78 is 5.23. The molecule has 0 atom stereocenters. The number of benzene rings is 1. The molecule has 2 aromatic heterocycles. The number of hydrogen-bond acceptors (Lipinski definition) is 4. The van der Waals surface area contributed by atoms with E-state index in [9.17, 15) is 14.4 Å². The van der Waals surface area contributed by atoms with E-state index in [1.807, 2.05) is 20.8 Å². The second-order valence-electron chi connectivity index (χ2n) is 7.32. The van der Waals surface area contributed by atoms with E-state index in [1.165, 1.54) is 12.3 Å². The summed E-state index contributed by atoms with van der Waals surface area (Å²) in [5.41, 5.74) is 0.621. The summed E-state index contributed by atoms with van der Waals surface area (Å²) in [4.78, 5) is 39.6. The van der Waals surface area contributed by atoms with Gasteiger partial charge in [0.15, 0.2) is 0 Å². The standard InChI is InChI=1S/C22H23N3O4/c1-4-22(2,3)25-19(26)14-7-9-15(10-8-14)23-20(27)16-11-12-17(24-21(16)28)18-6-5-13-29-18/h5-13H,4H2,1-3H3,(H,23,27)(H,24,28)(H,25,26). The van der Waals surface area contributed by atoms with Gasteiger partial charge in [-0.15, -0.1) is 0 Å². The van der Waals surface area contributed by atoms with Crippen LogP contribution in [0.3, 0.4) is 0 Å². The monoisotopic (exact) mass is 393 g/mol. The summed E-state index contributed by atoms with van der Waals surface area (Å²) in [5, 5.41) is 5.62. The number of anilines is 1. The van der Waals surface area contributed by atoms with Gasteiger partial charge in [-0.1, -0.05) is 6.92 Å². The minimum atomic E-state index is -0.540. The average molecular weight is 393 g/mol. The van der Waals surface area contributed by atoms with Crippen LogP contribution in [0.5, 0.6) is 0 Å². The highest BCUT2D eigenvalue weighted by Crippen LogP contribution is 2.17. The Morgan fingerprint density at radius 3 is 2.34 bits per heavy atom. The summed E-state index contributed by atoms with van der Waals surface area (Å²) >= 11 is 0. The average Bonchev–Trinajstić information content (AvgIpc) is 3.23. The minimum Gasteiger partial charge on any atom is -0.463 e. The van der Waals surface area contributed by atoms with Crippen molar-refractivity contribution in [2.24, 2.45) is 0 Å². The molecule has 29 heavy (non-hydrogen) atoms. The molecule has 0 aliphatic heterocycles. The Bertz CT molecular complexity index is 1060. The normalized spacial score (nSPS) is 11.1. The minimum absolute atomic E-state index is 0.0215. The predicted octanol–water partition coefficient (Wildman–Crippen LogP) is 3.81. The van der Waals surface area contributed by atoms with Crippen LogP contribution in [0.15, 0.2) is 64.0 Å². The molecule has 0 saturated carbocycles. The molecule has 0 fully saturated rings. The maximum absolute atomic E-state index is 12.4. The van der Waals surface area contributed by atoms with Crippen LogP contribution in [0.4, 0.5) is 5.69 Å². The molecule has 3 rings (SSSR count). The molecule has 0 aliphatic rings. The highest BCUT2D eigenvalue weighted by Gasteiger charge is 2.19. The molecule has 3 N–H and O–H groups in total. The Hall–Kier alpha value is -3.61. The highest BCUT2D eigenvalue weighted by molar-refractivity contribution is 6.04. The topological polar surface area (TPSA) is 104 Å². The Morgan fingerprint density at radius 2 is 1.76 bits per heavy atom. The van der Waals surface area contributed by atoms with E-state index >= 15 is 0 Å². The van der Waals surface area contributed by atoms with Crippen LogP contribution in [-0.2, 0) is 0 Å². The number of furan rings is 1. The van der Waals surface area contributed by atoms with Crippen molar-refractivity contribution in [3.8, 4) is 11.5 Å². The van der Waals surface area contributed by atoms with Crippen LogP contribution in [-0.4, -0.2) is 22.3 Å². The van der Waals surface area contributed by atoms with Crippen molar-refractivity contribution < 1.29 is 14.0 Å². The Balaban J connectivity index is 1.70. The van der Waals surface area contributed by atoms with E-state index in [0.29, 0.717) is 22.7 Å². The third kappa shape index (κ3) is 4.82. The zero-order valence-corrected chi connectivity index (χ0v) is 16.5. The molecule has 0 radical (unpaired) electrons. The van der Waals surface area contributed by atoms with Gasteiger partial charge < -0.3 is 20.0 Å². The van der Waals surface area contributed by atoms with Gasteiger partial charge in [-0.25, -0.2) is 0 Å². The van der Waals surface area contributed by atoms with E-state index in [0.717, 1.165) is 6.42 Å². The van der Waals surface area contributed by atoms with Crippen LogP contribution in [0, 0.1) is 0 Å². The van der Waals surface area contributed by atoms with Gasteiger partial charge in [0.2, 0.25) is 0 Å². The summed E-state index contributed by atoms with van der Waals surface area (Å²) in [5.74, 6) is -0.213. The zero-order valence-electron chi connectivity index (χ0n) is 16.5. The van der Waals surface area contributed by atoms with Crippen LogP contribution >= 0.6 is 0 Å². The van der Waals surface area contributed by atoms with E-state index in [4.69, 9.17) is 4.42 Å². The molecule has 2 heterocycles. The van der Waals surface area contributed by atoms with Gasteiger partial charge >= 0.3 is 0 Å². The number of rotatable bonds is 6. The number of pyridine rings is 1. The van der Waals surface area contributed by atoms with E-state index < -0.39 is 11.5 Å². The van der Waals surface area contributed by atoms with Crippen molar-refractivity contribution in [1.82, 2.24) is 10.3 Å². The first-order valence-electron chi connectivity index (χ1n) is 9.30. The van der Waals surface area contributed by atoms with Crippen LogP contribution < -0.4 is 16.2 Å². The summed E-state index contributed by atoms with van der Waals surface area (Å²) in [6, 6.07) is 13.0. The van der Waals surface area contributed by atoms with Crippen LogP contribution in [0.1, 0.15) is 47.9 Å². The van der Waals surface area contributed by atoms with Crippen molar-refractivity contribution in [2.45, 2.75) is 32.7 Å². The fraction of sp³-hybridized carbons (Fsp3) is 0.227. The molecule has 150 valence electrons. The van der Waals surface area contributed by atoms with Gasteiger partial charge in [0.1, 0.15) is 11.3 Å². The fourth-order valence-corrected chi connectivity index (χ4v) is 2.60. The van der Waals surface area contributed by atoms with Gasteiger partial charge in [-0.05, 0) is 68.8 Å². The highest BCUT2D eigenvalue weighted by atomic mass is 16.3. The third-order valence-corrected chi connectivity index (χ3v) is 4.68. The SMILES string of the molecule is CCC(C)(C)NC(=O)c1ccc(NC(=O)c2ccc(-c3ccco3)[nH]c2=O)cc1. The van der Waals surface area contributed by atoms with Crippen molar-refractivity contribution in [2.75, 3.05) is 5.32 Å². The maximum Gasteiger partial charge on any atom is 0.261 e. The molecule has 0 spiro atoms. The molecule has 0 saturated heterocycles. The van der Waals surface area contributed by atoms with E-state index in [1.54, 1.807) is 42.5 Å². The lowest BCUT2D eigenvalue weighted by Crippen LogP contribution is -2.42. The molecule has 2 amide bonds. The van der Waals surface area contributed by atoms with Crippen LogP contribution in [0.25, 0.3) is 11.5 Å². The number of aromatic nitrogens is 1. The quantitative estimate of drug-likeness (QED) is 0.592. The van der Waals surface area contributed by atoms with Gasteiger partial charge in [0.25, 0.3) is 17.4 Å². The molecule has 0 bridgehead atoms. The molecule has 0 aliphatic carbocycles. The molecule has 7 nitrogen and oxygen atoms in total. The molecular formula is C22H23N3O4. The first kappa shape index (κ1) is 20.1. The van der Waals surface area contributed by atoms with Crippen molar-refractivity contribution in [3.63, 3.8) is 0 Å². The Morgan fingerprint density at radius 1 is 1.03 bits per heavy atom. The number of nitrogens with one attached hydrogen (secondary N) is 3. The van der Waals surface area contributed by atoms with Crippen molar-refractivity contribution in [3.05, 3.63) is 76.3 Å². The van der Waals surface area contributed by atoms with Gasteiger partial charge in [-0.3, -0.25) is 14.4 Å². The first-order chi connectivity index (χ1) is 13.8. The number of aromatic amines is 1. The second kappa shape index (κ2) is 8.18. The molecule has 3 aromatic rings. The van der Waals surface area contributed by atoms with Crippen LogP contribution in [0.2, 0.25) is 0 Å². The lowest BCUT2D eigenvalue weighted by atomic mass is 10.0.